The van der Waals surface area contributed by atoms with Gasteiger partial charge in [-0.05, 0) is 26.2 Å². The van der Waals surface area contributed by atoms with Gasteiger partial charge in [-0.1, -0.05) is 32.1 Å². The van der Waals surface area contributed by atoms with Crippen molar-refractivity contribution >= 4 is 28.2 Å². The molecule has 6 heteroatoms. The number of carbonyl (C=O) groups is 1. The number of nitrogens with zero attached hydrogens (tertiary/aromatic N) is 2. The van der Waals surface area contributed by atoms with Gasteiger partial charge < -0.3 is 16.0 Å². The van der Waals surface area contributed by atoms with Crippen LogP contribution in [0, 0.1) is 5.92 Å². The van der Waals surface area contributed by atoms with Crippen molar-refractivity contribution in [2.45, 2.75) is 47.1 Å². The van der Waals surface area contributed by atoms with E-state index in [1.54, 1.807) is 0 Å². The summed E-state index contributed by atoms with van der Waals surface area (Å²) in [6.45, 7) is 11.9. The molecule has 1 aromatic rings. The van der Waals surface area contributed by atoms with E-state index in [1.165, 1.54) is 11.3 Å². The number of rotatable bonds is 7. The zero-order valence-electron chi connectivity index (χ0n) is 13.1. The van der Waals surface area contributed by atoms with Crippen LogP contribution >= 0.6 is 11.3 Å². The normalized spacial score (nSPS) is 12.5. The molecule has 0 aliphatic carbocycles. The molecule has 0 fully saturated rings. The molecule has 1 unspecified atom stereocenters. The van der Waals surface area contributed by atoms with Crippen LogP contribution in [0.15, 0.2) is 0 Å². The number of thiazole rings is 1. The molecule has 0 bridgehead atoms. The van der Waals surface area contributed by atoms with E-state index in [0.717, 1.165) is 18.1 Å². The molecule has 5 nitrogen and oxygen atoms in total. The molecule has 1 aromatic heterocycles. The van der Waals surface area contributed by atoms with Gasteiger partial charge in [-0.15, -0.1) is 0 Å². The summed E-state index contributed by atoms with van der Waals surface area (Å²) in [5.41, 5.74) is 5.89. The fraction of sp³-hybridized carbons (Fsp3) is 0.714. The van der Waals surface area contributed by atoms with Gasteiger partial charge in [0.15, 0.2) is 5.13 Å². The van der Waals surface area contributed by atoms with Crippen LogP contribution in [0.4, 0.5) is 10.9 Å². The molecule has 0 radical (unpaired) electrons. The predicted molar refractivity (Wildman–Crippen MR) is 86.3 cm³/mol. The van der Waals surface area contributed by atoms with Gasteiger partial charge in [0.05, 0.1) is 0 Å². The van der Waals surface area contributed by atoms with E-state index in [9.17, 15) is 4.79 Å². The quantitative estimate of drug-likeness (QED) is 0.811. The van der Waals surface area contributed by atoms with Crippen LogP contribution in [0.3, 0.4) is 0 Å². The van der Waals surface area contributed by atoms with Gasteiger partial charge in [0.2, 0.25) is 0 Å². The van der Waals surface area contributed by atoms with Gasteiger partial charge in [-0.2, -0.15) is 0 Å². The lowest BCUT2D eigenvalue weighted by Crippen LogP contribution is -2.38. The highest BCUT2D eigenvalue weighted by atomic mass is 32.1. The van der Waals surface area contributed by atoms with Crippen molar-refractivity contribution in [2.75, 3.05) is 24.1 Å². The minimum atomic E-state index is -0.0190. The molecular weight excluding hydrogens is 272 g/mol. The van der Waals surface area contributed by atoms with E-state index in [4.69, 9.17) is 5.73 Å². The molecule has 114 valence electrons. The van der Waals surface area contributed by atoms with Crippen LogP contribution in [0.5, 0.6) is 0 Å². The van der Waals surface area contributed by atoms with Crippen molar-refractivity contribution in [3.05, 3.63) is 4.88 Å². The SMILES string of the molecule is CCC(C)N(CC)C(=O)c1sc(NCC(C)C)nc1N. The Labute approximate surface area is 125 Å². The second-order valence-electron chi connectivity index (χ2n) is 5.36. The maximum Gasteiger partial charge on any atom is 0.268 e. The third kappa shape index (κ3) is 4.10. The van der Waals surface area contributed by atoms with E-state index >= 15 is 0 Å². The van der Waals surface area contributed by atoms with Crippen molar-refractivity contribution in [3.63, 3.8) is 0 Å². The Balaban J connectivity index is 2.87. The third-order valence-corrected chi connectivity index (χ3v) is 4.25. The van der Waals surface area contributed by atoms with Crippen LogP contribution in [0.25, 0.3) is 0 Å². The second-order valence-corrected chi connectivity index (χ2v) is 6.36. The number of nitrogen functional groups attached to an aromatic ring is 1. The van der Waals surface area contributed by atoms with E-state index in [0.29, 0.717) is 23.2 Å². The number of hydrogen-bond donors (Lipinski definition) is 2. The minimum absolute atomic E-state index is 0.0190. The topological polar surface area (TPSA) is 71.2 Å². The lowest BCUT2D eigenvalue weighted by molar-refractivity contribution is 0.0706. The first kappa shape index (κ1) is 16.8. The van der Waals surface area contributed by atoms with E-state index < -0.39 is 0 Å². The Hall–Kier alpha value is -1.30. The fourth-order valence-electron chi connectivity index (χ4n) is 1.86. The summed E-state index contributed by atoms with van der Waals surface area (Å²) in [6.07, 6.45) is 0.927. The molecule has 1 heterocycles. The van der Waals surface area contributed by atoms with Crippen LogP contribution in [-0.4, -0.2) is 34.9 Å². The smallest absolute Gasteiger partial charge is 0.268 e. The molecule has 1 amide bonds. The van der Waals surface area contributed by atoms with Crippen LogP contribution < -0.4 is 11.1 Å². The summed E-state index contributed by atoms with van der Waals surface area (Å²) in [5.74, 6) is 0.828. The van der Waals surface area contributed by atoms with Crippen LogP contribution in [-0.2, 0) is 0 Å². The van der Waals surface area contributed by atoms with Gasteiger partial charge in [-0.25, -0.2) is 4.98 Å². The molecule has 3 N–H and O–H groups in total. The largest absolute Gasteiger partial charge is 0.382 e. The summed E-state index contributed by atoms with van der Waals surface area (Å²) in [7, 11) is 0. The molecule has 0 aromatic carbocycles. The Bertz CT molecular complexity index is 444. The highest BCUT2D eigenvalue weighted by Crippen LogP contribution is 2.27. The lowest BCUT2D eigenvalue weighted by Gasteiger charge is -2.26. The average molecular weight is 298 g/mol. The van der Waals surface area contributed by atoms with Crippen molar-refractivity contribution in [1.29, 1.82) is 0 Å². The summed E-state index contributed by atoms with van der Waals surface area (Å²) in [4.78, 5) is 19.2. The number of carbonyl (C=O) groups excluding carboxylic acids is 1. The zero-order valence-corrected chi connectivity index (χ0v) is 13.9. The van der Waals surface area contributed by atoms with Crippen molar-refractivity contribution in [3.8, 4) is 0 Å². The maximum atomic E-state index is 12.5. The first-order valence-corrected chi connectivity index (χ1v) is 8.03. The highest BCUT2D eigenvalue weighted by molar-refractivity contribution is 7.18. The molecule has 1 rings (SSSR count). The predicted octanol–water partition coefficient (Wildman–Crippen LogP) is 3.05. The first-order chi connectivity index (χ1) is 9.40. The van der Waals surface area contributed by atoms with Gasteiger partial charge in [-0.3, -0.25) is 4.79 Å². The Morgan fingerprint density at radius 3 is 2.55 bits per heavy atom. The molecule has 0 spiro atoms. The number of aromatic nitrogens is 1. The Morgan fingerprint density at radius 1 is 1.40 bits per heavy atom. The lowest BCUT2D eigenvalue weighted by atomic mass is 10.2. The van der Waals surface area contributed by atoms with E-state index in [1.807, 2.05) is 11.8 Å². The van der Waals surface area contributed by atoms with Gasteiger partial charge in [0.1, 0.15) is 10.7 Å². The first-order valence-electron chi connectivity index (χ1n) is 7.21. The summed E-state index contributed by atoms with van der Waals surface area (Å²) < 4.78 is 0. The standard InChI is InChI=1S/C14H26N4OS/c1-6-10(5)18(7-2)13(19)11-12(15)17-14(20-11)16-8-9(3)4/h9-10H,6-8,15H2,1-5H3,(H,16,17). The van der Waals surface area contributed by atoms with Crippen molar-refractivity contribution < 1.29 is 4.79 Å². The Kier molecular flexibility index (Phi) is 6.26. The molecule has 0 saturated heterocycles. The number of anilines is 2. The number of amides is 1. The van der Waals surface area contributed by atoms with E-state index in [-0.39, 0.29) is 11.9 Å². The maximum absolute atomic E-state index is 12.5. The molecule has 0 saturated carbocycles. The number of nitrogens with two attached hydrogens (primary N) is 1. The summed E-state index contributed by atoms with van der Waals surface area (Å²) in [5, 5.41) is 3.94. The molecule has 0 aliphatic rings. The van der Waals surface area contributed by atoms with E-state index in [2.05, 4.69) is 38.0 Å². The highest BCUT2D eigenvalue weighted by Gasteiger charge is 2.24. The Morgan fingerprint density at radius 2 is 2.05 bits per heavy atom. The molecule has 0 aliphatic heterocycles. The van der Waals surface area contributed by atoms with Crippen LogP contribution in [0.1, 0.15) is 50.7 Å². The number of nitrogens with one attached hydrogen (secondary N) is 1. The van der Waals surface area contributed by atoms with Crippen LogP contribution in [0.2, 0.25) is 0 Å². The van der Waals surface area contributed by atoms with Gasteiger partial charge in [0.25, 0.3) is 5.91 Å². The summed E-state index contributed by atoms with van der Waals surface area (Å²) in [6, 6.07) is 0.209. The second kappa shape index (κ2) is 7.47. The van der Waals surface area contributed by atoms with Gasteiger partial charge in [0, 0.05) is 19.1 Å². The zero-order chi connectivity index (χ0) is 15.3. The summed E-state index contributed by atoms with van der Waals surface area (Å²) >= 11 is 1.34. The molecule has 1 atom stereocenters. The van der Waals surface area contributed by atoms with Crippen molar-refractivity contribution in [2.24, 2.45) is 5.92 Å². The fourth-order valence-corrected chi connectivity index (χ4v) is 2.71. The monoisotopic (exact) mass is 298 g/mol. The van der Waals surface area contributed by atoms with Crippen molar-refractivity contribution in [1.82, 2.24) is 9.88 Å². The minimum Gasteiger partial charge on any atom is -0.382 e. The molecule has 20 heavy (non-hydrogen) atoms. The van der Waals surface area contributed by atoms with Gasteiger partial charge >= 0.3 is 0 Å². The molecular formula is C14H26N4OS. The average Bonchev–Trinajstić information content (AvgIpc) is 2.78. The number of hydrogen-bond acceptors (Lipinski definition) is 5. The third-order valence-electron chi connectivity index (χ3n) is 3.23.